The third kappa shape index (κ3) is 22.4. The number of aliphatic hydroxyl groups is 4. The van der Waals surface area contributed by atoms with E-state index in [1.54, 1.807) is 0 Å². The zero-order chi connectivity index (χ0) is 35.2. The van der Waals surface area contributed by atoms with Crippen molar-refractivity contribution < 1.29 is 68.0 Å². The summed E-state index contributed by atoms with van der Waals surface area (Å²) in [6.07, 6.45) is -0.455. The number of nitrogens with one attached hydrogen (secondary N) is 3. The molecule has 1 saturated heterocycles. The third-order valence-corrected chi connectivity index (χ3v) is 7.19. The highest BCUT2D eigenvalue weighted by molar-refractivity contribution is 5.76. The molecule has 1 heterocycles. The van der Waals surface area contributed by atoms with E-state index in [1.807, 2.05) is 0 Å². The minimum Gasteiger partial charge on any atom is -0.453 e. The van der Waals surface area contributed by atoms with E-state index in [0.29, 0.717) is 78.7 Å². The first-order chi connectivity index (χ1) is 23.3. The summed E-state index contributed by atoms with van der Waals surface area (Å²) in [5.41, 5.74) is 0. The van der Waals surface area contributed by atoms with Gasteiger partial charge in [0.1, 0.15) is 24.4 Å². The van der Waals surface area contributed by atoms with Gasteiger partial charge in [0.05, 0.1) is 60.0 Å². The van der Waals surface area contributed by atoms with E-state index in [-0.39, 0.29) is 25.0 Å². The monoisotopic (exact) mass is 697 g/mol. The van der Waals surface area contributed by atoms with E-state index >= 15 is 0 Å². The Hall–Kier alpha value is -2.19. The Morgan fingerprint density at radius 2 is 1.12 bits per heavy atom. The van der Waals surface area contributed by atoms with Crippen LogP contribution in [0.4, 0.5) is 4.79 Å². The zero-order valence-electron chi connectivity index (χ0n) is 28.3. The highest BCUT2D eigenvalue weighted by atomic mass is 16.7. The van der Waals surface area contributed by atoms with Crippen molar-refractivity contribution in [3.63, 3.8) is 0 Å². The fraction of sp³-hybridized carbons (Fsp3) is 0.903. The van der Waals surface area contributed by atoms with Crippen LogP contribution in [0.15, 0.2) is 0 Å². The molecule has 48 heavy (non-hydrogen) atoms. The number of methoxy groups -OCH3 is 1. The summed E-state index contributed by atoms with van der Waals surface area (Å²) < 4.78 is 36.9. The first kappa shape index (κ1) is 43.8. The van der Waals surface area contributed by atoms with E-state index in [4.69, 9.17) is 28.4 Å². The molecule has 0 aromatic heterocycles. The molecule has 0 aromatic rings. The maximum atomic E-state index is 11.9. The minimum atomic E-state index is -1.49. The molecular weight excluding hydrogens is 638 g/mol. The zero-order valence-corrected chi connectivity index (χ0v) is 28.3. The average molecular weight is 698 g/mol. The molecule has 0 bridgehead atoms. The van der Waals surface area contributed by atoms with E-state index in [2.05, 4.69) is 20.7 Å². The van der Waals surface area contributed by atoms with Crippen molar-refractivity contribution in [3.8, 4) is 0 Å². The second-order valence-corrected chi connectivity index (χ2v) is 11.1. The molecule has 2 unspecified atom stereocenters. The summed E-state index contributed by atoms with van der Waals surface area (Å²) in [4.78, 5) is 34.7. The third-order valence-electron chi connectivity index (χ3n) is 7.19. The van der Waals surface area contributed by atoms with Crippen molar-refractivity contribution in [2.75, 3.05) is 92.8 Å². The topological polar surface area (TPSA) is 233 Å². The van der Waals surface area contributed by atoms with Gasteiger partial charge in [-0.3, -0.25) is 9.59 Å². The second-order valence-electron chi connectivity index (χ2n) is 11.1. The van der Waals surface area contributed by atoms with Crippen LogP contribution in [0.25, 0.3) is 0 Å². The lowest BCUT2D eigenvalue weighted by atomic mass is 9.99. The van der Waals surface area contributed by atoms with Crippen LogP contribution in [-0.4, -0.2) is 162 Å². The Morgan fingerprint density at radius 1 is 0.583 bits per heavy atom. The lowest BCUT2D eigenvalue weighted by Gasteiger charge is -2.39. The van der Waals surface area contributed by atoms with Crippen molar-refractivity contribution in [1.82, 2.24) is 16.0 Å². The van der Waals surface area contributed by atoms with E-state index in [9.17, 15) is 34.8 Å². The van der Waals surface area contributed by atoms with Gasteiger partial charge in [-0.05, 0) is 32.1 Å². The molecule has 1 aliphatic rings. The van der Waals surface area contributed by atoms with Gasteiger partial charge in [-0.25, -0.2) is 4.79 Å². The van der Waals surface area contributed by atoms with Crippen LogP contribution >= 0.6 is 0 Å². The SMILES string of the molecule is COC(=O)NCCCCCC(=O)NCCCOCCOCCCCCC(=O)NCCOCCOCCO[C@@H]1OC(CO)[C@H](O)[C@H](O)C1O. The molecule has 17 nitrogen and oxygen atoms in total. The second kappa shape index (κ2) is 29.7. The molecule has 1 fully saturated rings. The molecule has 5 atom stereocenters. The first-order valence-electron chi connectivity index (χ1n) is 16.9. The smallest absolute Gasteiger partial charge is 0.406 e. The number of alkyl carbamates (subject to hydrolysis) is 1. The Morgan fingerprint density at radius 3 is 1.77 bits per heavy atom. The maximum absolute atomic E-state index is 11.9. The molecule has 0 aromatic carbocycles. The summed E-state index contributed by atoms with van der Waals surface area (Å²) in [6, 6.07) is 0. The molecule has 1 rings (SSSR count). The Balaban J connectivity index is 1.79. The Bertz CT molecular complexity index is 825. The van der Waals surface area contributed by atoms with Gasteiger partial charge in [0.2, 0.25) is 11.8 Å². The first-order valence-corrected chi connectivity index (χ1v) is 16.9. The van der Waals surface area contributed by atoms with Crippen LogP contribution in [0.3, 0.4) is 0 Å². The molecule has 0 radical (unpaired) electrons. The van der Waals surface area contributed by atoms with Crippen LogP contribution in [0.5, 0.6) is 0 Å². The lowest BCUT2D eigenvalue weighted by Crippen LogP contribution is -2.59. The standard InChI is InChI=1S/C31H59N3O14/c1-42-31(41)34-11-6-2-4-9-25(36)32-12-8-15-44-18-17-43-14-7-3-5-10-26(37)33-13-16-45-19-20-46-21-22-47-30-29(40)28(39)27(38)24(23-35)48-30/h24,27-30,35,38-40H,2-23H2,1H3,(H,32,36)(H,33,37)(H,34,41)/t24?,27-,28-,29?,30+/m0/s1. The molecular formula is C31H59N3O14. The molecule has 0 aliphatic carbocycles. The summed E-state index contributed by atoms with van der Waals surface area (Å²) in [6.45, 7) is 4.33. The van der Waals surface area contributed by atoms with Gasteiger partial charge in [-0.15, -0.1) is 0 Å². The highest BCUT2D eigenvalue weighted by Gasteiger charge is 2.43. The molecule has 7 N–H and O–H groups in total. The normalized spacial score (nSPS) is 20.7. The number of carbonyl (C=O) groups is 3. The predicted molar refractivity (Wildman–Crippen MR) is 171 cm³/mol. The number of unbranched alkanes of at least 4 members (excludes halogenated alkanes) is 4. The molecule has 1 aliphatic heterocycles. The highest BCUT2D eigenvalue weighted by Crippen LogP contribution is 2.21. The fourth-order valence-electron chi connectivity index (χ4n) is 4.43. The van der Waals surface area contributed by atoms with E-state index in [1.165, 1.54) is 7.11 Å². The minimum absolute atomic E-state index is 0.0183. The fourth-order valence-corrected chi connectivity index (χ4v) is 4.43. The van der Waals surface area contributed by atoms with Crippen molar-refractivity contribution in [2.24, 2.45) is 0 Å². The molecule has 3 amide bonds. The Labute approximate surface area is 283 Å². The van der Waals surface area contributed by atoms with Crippen LogP contribution in [0, 0.1) is 0 Å². The van der Waals surface area contributed by atoms with Gasteiger partial charge in [0.15, 0.2) is 6.29 Å². The van der Waals surface area contributed by atoms with Gasteiger partial charge in [0.25, 0.3) is 0 Å². The summed E-state index contributed by atoms with van der Waals surface area (Å²) >= 11 is 0. The lowest BCUT2D eigenvalue weighted by molar-refractivity contribution is -0.302. The Kier molecular flexibility index (Phi) is 27.1. The maximum Gasteiger partial charge on any atom is 0.406 e. The van der Waals surface area contributed by atoms with Crippen LogP contribution in [0.1, 0.15) is 57.8 Å². The summed E-state index contributed by atoms with van der Waals surface area (Å²) in [5, 5.41) is 46.9. The van der Waals surface area contributed by atoms with Crippen molar-refractivity contribution in [1.29, 1.82) is 0 Å². The number of hydrogen-bond donors (Lipinski definition) is 7. The van der Waals surface area contributed by atoms with Crippen molar-refractivity contribution in [3.05, 3.63) is 0 Å². The number of amides is 3. The predicted octanol–water partition coefficient (Wildman–Crippen LogP) is -1.03. The van der Waals surface area contributed by atoms with E-state index in [0.717, 1.165) is 44.9 Å². The van der Waals surface area contributed by atoms with Gasteiger partial charge in [-0.1, -0.05) is 12.8 Å². The number of ether oxygens (including phenoxy) is 7. The largest absolute Gasteiger partial charge is 0.453 e. The van der Waals surface area contributed by atoms with Gasteiger partial charge in [0, 0.05) is 45.7 Å². The molecule has 282 valence electrons. The van der Waals surface area contributed by atoms with Gasteiger partial charge in [-0.2, -0.15) is 0 Å². The van der Waals surface area contributed by atoms with Crippen molar-refractivity contribution in [2.45, 2.75) is 88.5 Å². The number of rotatable bonds is 30. The average Bonchev–Trinajstić information content (AvgIpc) is 3.08. The number of aliphatic hydroxyl groups excluding tert-OH is 4. The molecule has 0 saturated carbocycles. The summed E-state index contributed by atoms with van der Waals surface area (Å²) in [7, 11) is 1.32. The van der Waals surface area contributed by atoms with Crippen LogP contribution in [0.2, 0.25) is 0 Å². The van der Waals surface area contributed by atoms with E-state index < -0.39 is 43.4 Å². The van der Waals surface area contributed by atoms with Crippen LogP contribution < -0.4 is 16.0 Å². The van der Waals surface area contributed by atoms with Gasteiger partial charge >= 0.3 is 6.09 Å². The number of carbonyl (C=O) groups excluding carboxylic acids is 3. The van der Waals surface area contributed by atoms with Gasteiger partial charge < -0.3 is 69.5 Å². The molecule has 17 heteroatoms. The molecule has 0 spiro atoms. The van der Waals surface area contributed by atoms with Crippen LogP contribution in [-0.2, 0) is 42.7 Å². The quantitative estimate of drug-likeness (QED) is 0.0445. The number of hydrogen-bond acceptors (Lipinski definition) is 14. The van der Waals surface area contributed by atoms with Crippen molar-refractivity contribution >= 4 is 17.9 Å². The summed E-state index contributed by atoms with van der Waals surface area (Å²) in [5.74, 6) is -0.0134.